The van der Waals surface area contributed by atoms with Crippen LogP contribution in [0.5, 0.6) is 5.75 Å². The monoisotopic (exact) mass is 491 g/mol. The lowest BCUT2D eigenvalue weighted by Gasteiger charge is -2.52. The first-order valence-corrected chi connectivity index (χ1v) is 11.6. The number of likely N-dealkylation sites (N-methyl/N-ethyl adjacent to an activating group) is 1. The Morgan fingerprint density at radius 3 is 2.47 bits per heavy atom. The van der Waals surface area contributed by atoms with E-state index in [1.165, 1.54) is 11.0 Å². The van der Waals surface area contributed by atoms with E-state index >= 15 is 0 Å². The number of aromatic hydroxyl groups is 1. The Hall–Kier alpha value is -3.76. The average Bonchev–Trinajstić information content (AvgIpc) is 2.81. The molecule has 186 valence electrons. The van der Waals surface area contributed by atoms with E-state index in [0.717, 1.165) is 5.56 Å². The summed E-state index contributed by atoms with van der Waals surface area (Å²) in [6.45, 7) is 0. The van der Waals surface area contributed by atoms with Gasteiger partial charge in [0, 0.05) is 23.9 Å². The van der Waals surface area contributed by atoms with Gasteiger partial charge in [0.1, 0.15) is 5.75 Å². The molecule has 0 saturated heterocycles. The van der Waals surface area contributed by atoms with Crippen molar-refractivity contribution in [1.29, 1.82) is 0 Å². The minimum absolute atomic E-state index is 0.00598. The van der Waals surface area contributed by atoms with E-state index in [1.54, 1.807) is 38.6 Å². The number of rotatable bonds is 3. The highest BCUT2D eigenvalue weighted by molar-refractivity contribution is 6.32. The third-order valence-corrected chi connectivity index (χ3v) is 7.92. The van der Waals surface area contributed by atoms with E-state index in [4.69, 9.17) is 5.73 Å². The Morgan fingerprint density at radius 2 is 1.86 bits per heavy atom. The van der Waals surface area contributed by atoms with Crippen LogP contribution in [0, 0.1) is 23.7 Å². The van der Waals surface area contributed by atoms with Gasteiger partial charge in [-0.2, -0.15) is 0 Å². The molecule has 0 spiro atoms. The van der Waals surface area contributed by atoms with Crippen molar-refractivity contribution < 1.29 is 34.2 Å². The Balaban J connectivity index is 1.66. The Morgan fingerprint density at radius 1 is 1.14 bits per heavy atom. The molecule has 10 heteroatoms. The van der Waals surface area contributed by atoms with Crippen LogP contribution in [-0.2, 0) is 25.6 Å². The molecule has 6 atom stereocenters. The summed E-state index contributed by atoms with van der Waals surface area (Å²) in [5, 5.41) is 22.2. The van der Waals surface area contributed by atoms with Gasteiger partial charge in [0.2, 0.25) is 5.91 Å². The normalized spacial score (nSPS) is 31.6. The Kier molecular flexibility index (Phi) is 5.42. The highest BCUT2D eigenvalue weighted by Crippen LogP contribution is 2.51. The number of phenolic OH excluding ortho intramolecular Hbond substituents is 1. The molecule has 4 N–H and O–H groups in total. The summed E-state index contributed by atoms with van der Waals surface area (Å²) in [7, 11) is 3.10. The molecule has 0 aliphatic heterocycles. The predicted octanol–water partition coefficient (Wildman–Crippen LogP) is -0.0710. The number of carbonyl (C=O) groups excluding carboxylic acids is 5. The van der Waals surface area contributed by atoms with Crippen molar-refractivity contribution >= 4 is 29.0 Å². The molecule has 0 radical (unpaired) electrons. The summed E-state index contributed by atoms with van der Waals surface area (Å²) < 4.78 is 0. The van der Waals surface area contributed by atoms with Gasteiger partial charge in [0.05, 0.1) is 17.5 Å². The fraction of sp³-hybridized carbons (Fsp3) is 0.385. The number of amides is 1. The zero-order valence-electron chi connectivity index (χ0n) is 19.7. The van der Waals surface area contributed by atoms with Crippen molar-refractivity contribution in [1.82, 2.24) is 9.88 Å². The second kappa shape index (κ2) is 8.14. The first-order valence-electron chi connectivity index (χ1n) is 11.6. The number of hydrogen-bond acceptors (Lipinski definition) is 9. The van der Waals surface area contributed by atoms with Gasteiger partial charge in [-0.15, -0.1) is 0 Å². The van der Waals surface area contributed by atoms with Crippen LogP contribution in [0.4, 0.5) is 0 Å². The molecule has 3 aliphatic rings. The van der Waals surface area contributed by atoms with Crippen LogP contribution >= 0.6 is 0 Å². The maximum absolute atomic E-state index is 13.8. The summed E-state index contributed by atoms with van der Waals surface area (Å²) in [6.07, 6.45) is 3.44. The number of Topliss-reactive ketones (excluding diaryl/α,β-unsaturated/α-hetero) is 4. The molecule has 2 saturated carbocycles. The zero-order chi connectivity index (χ0) is 26.1. The molecule has 1 aromatic heterocycles. The summed E-state index contributed by atoms with van der Waals surface area (Å²) in [4.78, 5) is 71.5. The average molecular weight is 492 g/mol. The van der Waals surface area contributed by atoms with Gasteiger partial charge >= 0.3 is 0 Å². The van der Waals surface area contributed by atoms with Crippen LogP contribution < -0.4 is 5.73 Å². The van der Waals surface area contributed by atoms with Crippen molar-refractivity contribution in [3.05, 3.63) is 47.8 Å². The number of nitrogens with zero attached hydrogens (tertiary/aromatic N) is 2. The van der Waals surface area contributed by atoms with Crippen LogP contribution in [-0.4, -0.2) is 74.9 Å². The van der Waals surface area contributed by atoms with Gasteiger partial charge < -0.3 is 15.9 Å². The van der Waals surface area contributed by atoms with Crippen LogP contribution in [0.15, 0.2) is 36.7 Å². The minimum Gasteiger partial charge on any atom is -0.507 e. The zero-order valence-corrected chi connectivity index (χ0v) is 19.7. The minimum atomic E-state index is -2.73. The van der Waals surface area contributed by atoms with Crippen molar-refractivity contribution in [2.24, 2.45) is 29.4 Å². The number of ketones is 4. The standard InChI is InChI=1S/C26H25N3O7/c1-29(2)20-15-9-12-8-14-13(11-4-3-7-28-10-11)5-6-16(30)18(14)21(31)17(12)23(33)26(15,36)24(34)19(22(20)32)25(27)35/h3-7,10,12,15,17,19-20,30,36H,8-9H2,1-2H3,(H2,27,35)/t12-,15-,17?,19?,20-,26-/m0/s1. The van der Waals surface area contributed by atoms with E-state index in [2.05, 4.69) is 4.98 Å². The number of fused-ring (bicyclic) bond motifs is 3. The molecule has 2 unspecified atom stereocenters. The first-order chi connectivity index (χ1) is 17.0. The summed E-state index contributed by atoms with van der Waals surface area (Å²) in [6, 6.07) is 5.45. The van der Waals surface area contributed by atoms with Crippen LogP contribution in [0.3, 0.4) is 0 Å². The smallest absolute Gasteiger partial charge is 0.235 e. The molecule has 1 heterocycles. The molecule has 2 fully saturated rings. The van der Waals surface area contributed by atoms with Crippen LogP contribution in [0.1, 0.15) is 22.3 Å². The van der Waals surface area contributed by atoms with Gasteiger partial charge in [0.15, 0.2) is 34.7 Å². The third kappa shape index (κ3) is 3.11. The Bertz CT molecular complexity index is 1340. The fourth-order valence-corrected chi connectivity index (χ4v) is 6.40. The van der Waals surface area contributed by atoms with Gasteiger partial charge in [-0.25, -0.2) is 0 Å². The SMILES string of the molecule is CN(C)[C@@H]1C(=O)C(C(N)=O)C(=O)[C@@]2(O)C(=O)C3C(=O)c4c(O)ccc(-c5cccnc5)c4C[C@H]3C[C@@H]12. The number of primary amides is 1. The largest absolute Gasteiger partial charge is 0.507 e. The number of benzene rings is 1. The molecule has 0 bridgehead atoms. The molecule has 2 aromatic rings. The summed E-state index contributed by atoms with van der Waals surface area (Å²) in [5.41, 5.74) is 4.49. The second-order valence-corrected chi connectivity index (χ2v) is 10.0. The highest BCUT2D eigenvalue weighted by Gasteiger charge is 2.69. The van der Waals surface area contributed by atoms with Gasteiger partial charge in [-0.3, -0.25) is 33.9 Å². The first kappa shape index (κ1) is 24.0. The number of carbonyl (C=O) groups is 5. The lowest BCUT2D eigenvalue weighted by Crippen LogP contribution is -2.74. The predicted molar refractivity (Wildman–Crippen MR) is 125 cm³/mol. The van der Waals surface area contributed by atoms with Gasteiger partial charge in [-0.1, -0.05) is 12.1 Å². The van der Waals surface area contributed by atoms with Crippen molar-refractivity contribution in [2.45, 2.75) is 24.5 Å². The number of hydrogen-bond donors (Lipinski definition) is 3. The highest BCUT2D eigenvalue weighted by atomic mass is 16.3. The molecule has 5 rings (SSSR count). The van der Waals surface area contributed by atoms with Gasteiger partial charge in [0.25, 0.3) is 0 Å². The maximum Gasteiger partial charge on any atom is 0.235 e. The van der Waals surface area contributed by atoms with Crippen molar-refractivity contribution in [3.8, 4) is 16.9 Å². The van der Waals surface area contributed by atoms with E-state index in [1.807, 2.05) is 6.07 Å². The summed E-state index contributed by atoms with van der Waals surface area (Å²) >= 11 is 0. The molecule has 36 heavy (non-hydrogen) atoms. The molecule has 10 nitrogen and oxygen atoms in total. The molecular weight excluding hydrogens is 466 g/mol. The molecule has 3 aliphatic carbocycles. The lowest BCUT2D eigenvalue weighted by atomic mass is 9.52. The number of aromatic nitrogens is 1. The third-order valence-electron chi connectivity index (χ3n) is 7.92. The Labute approximate surface area is 206 Å². The van der Waals surface area contributed by atoms with Crippen LogP contribution in [0.2, 0.25) is 0 Å². The lowest BCUT2D eigenvalue weighted by molar-refractivity contribution is -0.181. The molecular formula is C26H25N3O7. The van der Waals surface area contributed by atoms with Crippen LogP contribution in [0.25, 0.3) is 11.1 Å². The van der Waals surface area contributed by atoms with Gasteiger partial charge in [-0.05, 0) is 56.1 Å². The summed E-state index contributed by atoms with van der Waals surface area (Å²) in [5.74, 6) is -10.6. The quantitative estimate of drug-likeness (QED) is 0.498. The van der Waals surface area contributed by atoms with E-state index in [9.17, 15) is 34.2 Å². The van der Waals surface area contributed by atoms with Crippen molar-refractivity contribution in [2.75, 3.05) is 14.1 Å². The van der Waals surface area contributed by atoms with Crippen molar-refractivity contribution in [3.63, 3.8) is 0 Å². The number of phenols is 1. The fourth-order valence-electron chi connectivity index (χ4n) is 6.40. The van der Waals surface area contributed by atoms with E-state index in [0.29, 0.717) is 11.1 Å². The van der Waals surface area contributed by atoms with E-state index in [-0.39, 0.29) is 24.2 Å². The maximum atomic E-state index is 13.8. The molecule has 1 amide bonds. The second-order valence-electron chi connectivity index (χ2n) is 10.0. The molecule has 1 aromatic carbocycles. The van der Waals surface area contributed by atoms with E-state index < -0.39 is 64.4 Å². The number of pyridine rings is 1. The number of aliphatic hydroxyl groups is 1. The number of nitrogens with two attached hydrogens (primary N) is 1. The topological polar surface area (TPSA) is 168 Å².